The third-order valence-electron chi connectivity index (χ3n) is 4.52. The molecule has 1 aromatic rings. The third-order valence-corrected chi connectivity index (χ3v) is 4.52. The Kier molecular flexibility index (Phi) is 3.90. The standard InChI is InChI=1S/C16H18N2O6/c1-16(2)15(23-9-19)14(17-7-3-4-13(17)20)11-8-10(18(21)22)5-6-12(11)24-16/h5-6,8-9,14-15H,3-4,7H2,1-2H3/t14-,15+/m1/s1. The highest BCUT2D eigenvalue weighted by Gasteiger charge is 2.50. The van der Waals surface area contributed by atoms with Gasteiger partial charge < -0.3 is 14.4 Å². The molecule has 2 aliphatic heterocycles. The van der Waals surface area contributed by atoms with Gasteiger partial charge in [0.25, 0.3) is 12.2 Å². The first-order valence-electron chi connectivity index (χ1n) is 7.71. The topological polar surface area (TPSA) is 99.0 Å². The summed E-state index contributed by atoms with van der Waals surface area (Å²) >= 11 is 0. The van der Waals surface area contributed by atoms with Gasteiger partial charge in [-0.25, -0.2) is 0 Å². The molecule has 1 saturated heterocycles. The highest BCUT2D eigenvalue weighted by atomic mass is 16.6. The van der Waals surface area contributed by atoms with E-state index in [9.17, 15) is 19.7 Å². The number of nitro groups is 1. The van der Waals surface area contributed by atoms with Crippen LogP contribution in [0, 0.1) is 10.1 Å². The lowest BCUT2D eigenvalue weighted by Crippen LogP contribution is -2.55. The SMILES string of the molecule is CC1(C)Oc2ccc([N+](=O)[O-])cc2[C@@H](N2CCCC2=O)[C@@H]1OC=O. The molecule has 0 saturated carbocycles. The zero-order chi connectivity index (χ0) is 17.5. The van der Waals surface area contributed by atoms with Crippen LogP contribution >= 0.6 is 0 Å². The van der Waals surface area contributed by atoms with Crippen molar-refractivity contribution >= 4 is 18.1 Å². The van der Waals surface area contributed by atoms with E-state index in [1.807, 2.05) is 0 Å². The second kappa shape index (κ2) is 5.77. The summed E-state index contributed by atoms with van der Waals surface area (Å²) in [6, 6.07) is 3.67. The lowest BCUT2D eigenvalue weighted by atomic mass is 9.85. The van der Waals surface area contributed by atoms with E-state index in [0.717, 1.165) is 0 Å². The third kappa shape index (κ3) is 2.57. The Morgan fingerprint density at radius 2 is 2.21 bits per heavy atom. The van der Waals surface area contributed by atoms with Crippen LogP contribution in [0.5, 0.6) is 5.75 Å². The fourth-order valence-corrected chi connectivity index (χ4v) is 3.45. The van der Waals surface area contributed by atoms with E-state index in [1.165, 1.54) is 18.2 Å². The minimum atomic E-state index is -0.877. The van der Waals surface area contributed by atoms with Crippen molar-refractivity contribution in [3.63, 3.8) is 0 Å². The molecule has 2 aliphatic rings. The molecule has 0 aromatic heterocycles. The molecule has 2 atom stereocenters. The van der Waals surface area contributed by atoms with Crippen molar-refractivity contribution in [2.24, 2.45) is 0 Å². The Balaban J connectivity index is 2.15. The van der Waals surface area contributed by atoms with Crippen molar-refractivity contribution in [1.29, 1.82) is 0 Å². The van der Waals surface area contributed by atoms with Crippen LogP contribution in [0.1, 0.15) is 38.3 Å². The van der Waals surface area contributed by atoms with E-state index in [0.29, 0.717) is 37.2 Å². The Hall–Kier alpha value is -2.64. The molecule has 128 valence electrons. The second-order valence-electron chi connectivity index (χ2n) is 6.47. The van der Waals surface area contributed by atoms with Gasteiger partial charge in [-0.15, -0.1) is 0 Å². The van der Waals surface area contributed by atoms with Crippen LogP contribution in [0.3, 0.4) is 0 Å². The maximum absolute atomic E-state index is 12.3. The number of rotatable bonds is 4. The van der Waals surface area contributed by atoms with Crippen LogP contribution in [0.25, 0.3) is 0 Å². The molecule has 3 rings (SSSR count). The van der Waals surface area contributed by atoms with Gasteiger partial charge in [0.05, 0.1) is 4.92 Å². The zero-order valence-corrected chi connectivity index (χ0v) is 13.4. The number of amides is 1. The molecule has 0 N–H and O–H groups in total. The normalized spacial score (nSPS) is 24.9. The van der Waals surface area contributed by atoms with Crippen LogP contribution in [-0.4, -0.2) is 40.5 Å². The predicted molar refractivity (Wildman–Crippen MR) is 82.4 cm³/mol. The summed E-state index contributed by atoms with van der Waals surface area (Å²) in [5.74, 6) is 0.399. The number of fused-ring (bicyclic) bond motifs is 1. The average Bonchev–Trinajstić information content (AvgIpc) is 2.93. The van der Waals surface area contributed by atoms with Crippen LogP contribution in [0.15, 0.2) is 18.2 Å². The van der Waals surface area contributed by atoms with Crippen LogP contribution in [-0.2, 0) is 14.3 Å². The molecule has 0 aliphatic carbocycles. The number of hydrogen-bond acceptors (Lipinski definition) is 6. The van der Waals surface area contributed by atoms with Crippen molar-refractivity contribution in [1.82, 2.24) is 4.90 Å². The number of carbonyl (C=O) groups excluding carboxylic acids is 2. The number of nitro benzene ring substituents is 1. The molecule has 0 spiro atoms. The first kappa shape index (κ1) is 16.2. The van der Waals surface area contributed by atoms with E-state index < -0.39 is 22.7 Å². The Morgan fingerprint density at radius 1 is 1.46 bits per heavy atom. The summed E-state index contributed by atoms with van der Waals surface area (Å²) in [6.07, 6.45) is 0.358. The van der Waals surface area contributed by atoms with Gasteiger partial charge in [0.15, 0.2) is 6.10 Å². The largest absolute Gasteiger partial charge is 0.484 e. The van der Waals surface area contributed by atoms with Crippen molar-refractivity contribution in [3.8, 4) is 5.75 Å². The zero-order valence-electron chi connectivity index (χ0n) is 13.4. The fourth-order valence-electron chi connectivity index (χ4n) is 3.45. The number of ether oxygens (including phenoxy) is 2. The number of non-ortho nitro benzene ring substituents is 1. The molecular formula is C16H18N2O6. The number of benzene rings is 1. The van der Waals surface area contributed by atoms with Crippen LogP contribution in [0.2, 0.25) is 0 Å². The summed E-state index contributed by atoms with van der Waals surface area (Å²) in [6.45, 7) is 4.37. The van der Waals surface area contributed by atoms with Gasteiger partial charge >= 0.3 is 0 Å². The highest BCUT2D eigenvalue weighted by Crippen LogP contribution is 2.46. The molecule has 24 heavy (non-hydrogen) atoms. The van der Waals surface area contributed by atoms with Crippen molar-refractivity contribution in [3.05, 3.63) is 33.9 Å². The Morgan fingerprint density at radius 3 is 2.79 bits per heavy atom. The van der Waals surface area contributed by atoms with E-state index in [1.54, 1.807) is 18.7 Å². The number of hydrogen-bond donors (Lipinski definition) is 0. The lowest BCUT2D eigenvalue weighted by molar-refractivity contribution is -0.385. The molecule has 0 unspecified atom stereocenters. The molecule has 2 heterocycles. The summed E-state index contributed by atoms with van der Waals surface area (Å²) < 4.78 is 11.2. The molecule has 8 nitrogen and oxygen atoms in total. The molecule has 8 heteroatoms. The van der Waals surface area contributed by atoms with Crippen LogP contribution in [0.4, 0.5) is 5.69 Å². The summed E-state index contributed by atoms with van der Waals surface area (Å²) in [7, 11) is 0. The minimum absolute atomic E-state index is 0.0605. The van der Waals surface area contributed by atoms with Gasteiger partial charge in [-0.05, 0) is 26.3 Å². The van der Waals surface area contributed by atoms with Gasteiger partial charge in [-0.2, -0.15) is 0 Å². The number of carbonyl (C=O) groups is 2. The summed E-state index contributed by atoms with van der Waals surface area (Å²) in [4.78, 5) is 35.5. The quantitative estimate of drug-likeness (QED) is 0.474. The molecule has 0 bridgehead atoms. The van der Waals surface area contributed by atoms with Gasteiger partial charge in [-0.1, -0.05) is 0 Å². The fraction of sp³-hybridized carbons (Fsp3) is 0.500. The monoisotopic (exact) mass is 334 g/mol. The van der Waals surface area contributed by atoms with E-state index in [2.05, 4.69) is 0 Å². The van der Waals surface area contributed by atoms with Crippen molar-refractivity contribution < 1.29 is 24.0 Å². The maximum atomic E-state index is 12.3. The maximum Gasteiger partial charge on any atom is 0.293 e. The Labute approximate surface area is 138 Å². The van der Waals surface area contributed by atoms with Crippen molar-refractivity contribution in [2.75, 3.05) is 6.54 Å². The highest BCUT2D eigenvalue weighted by molar-refractivity contribution is 5.79. The van der Waals surface area contributed by atoms with Gasteiger partial charge in [0, 0.05) is 30.7 Å². The molecule has 1 fully saturated rings. The lowest BCUT2D eigenvalue weighted by Gasteiger charge is -2.46. The second-order valence-corrected chi connectivity index (χ2v) is 6.47. The first-order valence-corrected chi connectivity index (χ1v) is 7.71. The Bertz CT molecular complexity index is 702. The van der Waals surface area contributed by atoms with Crippen LogP contribution < -0.4 is 4.74 Å². The smallest absolute Gasteiger partial charge is 0.293 e. The van der Waals surface area contributed by atoms with E-state index >= 15 is 0 Å². The molecule has 0 radical (unpaired) electrons. The van der Waals surface area contributed by atoms with Gasteiger partial charge in [0.1, 0.15) is 17.4 Å². The van der Waals surface area contributed by atoms with Crippen molar-refractivity contribution in [2.45, 2.75) is 44.4 Å². The van der Waals surface area contributed by atoms with Gasteiger partial charge in [-0.3, -0.25) is 19.7 Å². The first-order chi connectivity index (χ1) is 11.3. The molecule has 1 amide bonds. The number of likely N-dealkylation sites (tertiary alicyclic amines) is 1. The number of nitrogens with zero attached hydrogens (tertiary/aromatic N) is 2. The summed E-state index contributed by atoms with van der Waals surface area (Å²) in [5, 5.41) is 11.1. The van der Waals surface area contributed by atoms with E-state index in [-0.39, 0.29) is 11.6 Å². The summed E-state index contributed by atoms with van der Waals surface area (Å²) in [5.41, 5.74) is -0.485. The van der Waals surface area contributed by atoms with E-state index in [4.69, 9.17) is 9.47 Å². The molecule has 1 aromatic carbocycles. The predicted octanol–water partition coefficient (Wildman–Crippen LogP) is 1.97. The minimum Gasteiger partial charge on any atom is -0.484 e. The van der Waals surface area contributed by atoms with Gasteiger partial charge in [0.2, 0.25) is 5.91 Å². The average molecular weight is 334 g/mol. The molecular weight excluding hydrogens is 316 g/mol.